The fourth-order valence-corrected chi connectivity index (χ4v) is 1.97. The maximum absolute atomic E-state index is 8.89. The van der Waals surface area contributed by atoms with Crippen molar-refractivity contribution < 1.29 is 0 Å². The molecule has 2 aromatic rings. The number of hydrogen-bond acceptors (Lipinski definition) is 2. The minimum Gasteiger partial charge on any atom is -0.355 e. The molecule has 0 atom stereocenters. The Morgan fingerprint density at radius 2 is 1.95 bits per heavy atom. The van der Waals surface area contributed by atoms with E-state index >= 15 is 0 Å². The van der Waals surface area contributed by atoms with Crippen LogP contribution in [0.3, 0.4) is 0 Å². The molecule has 0 heterocycles. The fourth-order valence-electron chi connectivity index (χ4n) is 1.97. The molecule has 0 amide bonds. The number of anilines is 1. The van der Waals surface area contributed by atoms with E-state index in [1.807, 2.05) is 18.2 Å². The van der Waals surface area contributed by atoms with Crippen LogP contribution >= 0.6 is 0 Å². The minimum atomic E-state index is 0.638. The highest BCUT2D eigenvalue weighted by molar-refractivity contribution is 5.77. The van der Waals surface area contributed by atoms with E-state index in [0.717, 1.165) is 16.9 Å². The second kappa shape index (κ2) is 5.41. The van der Waals surface area contributed by atoms with Crippen molar-refractivity contribution in [3.8, 4) is 6.07 Å². The number of aryl methyl sites for hydroxylation is 2. The van der Waals surface area contributed by atoms with Crippen LogP contribution in [0.15, 0.2) is 49.0 Å². The molecule has 94 valence electrons. The summed E-state index contributed by atoms with van der Waals surface area (Å²) >= 11 is 0. The summed E-state index contributed by atoms with van der Waals surface area (Å²) in [7, 11) is 0. The number of rotatable bonds is 3. The second-order valence-electron chi connectivity index (χ2n) is 4.61. The van der Waals surface area contributed by atoms with Crippen molar-refractivity contribution in [2.24, 2.45) is 0 Å². The smallest absolute Gasteiger partial charge is 0.0992 e. The zero-order valence-electron chi connectivity index (χ0n) is 11.2. The number of nitrogens with one attached hydrogen (secondary N) is 1. The molecule has 0 aliphatic rings. The van der Waals surface area contributed by atoms with Crippen LogP contribution in [-0.4, -0.2) is 0 Å². The van der Waals surface area contributed by atoms with Gasteiger partial charge in [0.05, 0.1) is 11.6 Å². The van der Waals surface area contributed by atoms with Crippen molar-refractivity contribution in [2.45, 2.75) is 13.8 Å². The van der Waals surface area contributed by atoms with E-state index < -0.39 is 0 Å². The normalized spacial score (nSPS) is 9.74. The van der Waals surface area contributed by atoms with Crippen LogP contribution in [-0.2, 0) is 0 Å². The zero-order valence-corrected chi connectivity index (χ0v) is 11.2. The molecule has 2 rings (SSSR count). The average molecular weight is 248 g/mol. The third-order valence-electron chi connectivity index (χ3n) is 3.01. The molecule has 2 nitrogen and oxygen atoms in total. The van der Waals surface area contributed by atoms with Crippen LogP contribution in [0.2, 0.25) is 0 Å². The topological polar surface area (TPSA) is 35.8 Å². The van der Waals surface area contributed by atoms with Gasteiger partial charge >= 0.3 is 0 Å². The van der Waals surface area contributed by atoms with E-state index in [0.29, 0.717) is 5.56 Å². The van der Waals surface area contributed by atoms with E-state index in [2.05, 4.69) is 50.0 Å². The average Bonchev–Trinajstić information content (AvgIpc) is 2.41. The van der Waals surface area contributed by atoms with E-state index in [1.165, 1.54) is 11.1 Å². The van der Waals surface area contributed by atoms with Crippen LogP contribution in [0, 0.1) is 25.2 Å². The minimum absolute atomic E-state index is 0.638. The van der Waals surface area contributed by atoms with Gasteiger partial charge in [0.15, 0.2) is 0 Å². The molecule has 0 unspecified atom stereocenters. The number of nitriles is 1. The zero-order chi connectivity index (χ0) is 13.8. The van der Waals surface area contributed by atoms with Gasteiger partial charge in [-0.3, -0.25) is 0 Å². The number of nitrogens with zero attached hydrogens (tertiary/aromatic N) is 1. The SMILES string of the molecule is C=C(Nc1cccc(C#N)c1)c1cc(C)ccc1C. The lowest BCUT2D eigenvalue weighted by molar-refractivity contribution is 1.35. The van der Waals surface area contributed by atoms with Crippen molar-refractivity contribution in [1.29, 1.82) is 5.26 Å². The van der Waals surface area contributed by atoms with Gasteiger partial charge in [-0.2, -0.15) is 5.26 Å². The second-order valence-corrected chi connectivity index (χ2v) is 4.61. The summed E-state index contributed by atoms with van der Waals surface area (Å²) in [5.74, 6) is 0. The summed E-state index contributed by atoms with van der Waals surface area (Å²) in [6, 6.07) is 15.8. The van der Waals surface area contributed by atoms with Crippen LogP contribution in [0.1, 0.15) is 22.3 Å². The lowest BCUT2D eigenvalue weighted by atomic mass is 10.0. The molecule has 0 radical (unpaired) electrons. The Bertz CT molecular complexity index is 663. The quantitative estimate of drug-likeness (QED) is 0.881. The molecule has 0 bridgehead atoms. The fraction of sp³-hybridized carbons (Fsp3) is 0.118. The molecule has 2 aromatic carbocycles. The van der Waals surface area contributed by atoms with Crippen LogP contribution in [0.4, 0.5) is 5.69 Å². The predicted octanol–water partition coefficient (Wildman–Crippen LogP) is 4.26. The Labute approximate surface area is 114 Å². The lowest BCUT2D eigenvalue weighted by Gasteiger charge is -2.13. The molecule has 0 saturated heterocycles. The summed E-state index contributed by atoms with van der Waals surface area (Å²) in [6.45, 7) is 8.21. The molecule has 0 spiro atoms. The Hall–Kier alpha value is -2.53. The van der Waals surface area contributed by atoms with Crippen molar-refractivity contribution in [3.63, 3.8) is 0 Å². The molecular formula is C17H16N2. The monoisotopic (exact) mass is 248 g/mol. The van der Waals surface area contributed by atoms with Crippen molar-refractivity contribution >= 4 is 11.4 Å². The third-order valence-corrected chi connectivity index (χ3v) is 3.01. The van der Waals surface area contributed by atoms with E-state index in [-0.39, 0.29) is 0 Å². The van der Waals surface area contributed by atoms with Gasteiger partial charge in [-0.1, -0.05) is 30.3 Å². The summed E-state index contributed by atoms with van der Waals surface area (Å²) in [6.07, 6.45) is 0. The van der Waals surface area contributed by atoms with Gasteiger partial charge in [0, 0.05) is 16.9 Å². The number of hydrogen-bond donors (Lipinski definition) is 1. The van der Waals surface area contributed by atoms with Crippen LogP contribution < -0.4 is 5.32 Å². The first-order chi connectivity index (χ1) is 9.10. The van der Waals surface area contributed by atoms with Gasteiger partial charge in [-0.25, -0.2) is 0 Å². The highest BCUT2D eigenvalue weighted by Crippen LogP contribution is 2.21. The van der Waals surface area contributed by atoms with Crippen LogP contribution in [0.25, 0.3) is 5.70 Å². The molecule has 0 aliphatic carbocycles. The maximum Gasteiger partial charge on any atom is 0.0992 e. The lowest BCUT2D eigenvalue weighted by Crippen LogP contribution is -2.00. The largest absolute Gasteiger partial charge is 0.355 e. The van der Waals surface area contributed by atoms with Gasteiger partial charge in [-0.15, -0.1) is 0 Å². The highest BCUT2D eigenvalue weighted by Gasteiger charge is 2.04. The molecule has 0 aliphatic heterocycles. The maximum atomic E-state index is 8.89. The van der Waals surface area contributed by atoms with Gasteiger partial charge in [-0.05, 0) is 43.7 Å². The first kappa shape index (κ1) is 12.9. The Morgan fingerprint density at radius 1 is 1.16 bits per heavy atom. The number of benzene rings is 2. The van der Waals surface area contributed by atoms with Crippen molar-refractivity contribution in [3.05, 3.63) is 71.3 Å². The first-order valence-electron chi connectivity index (χ1n) is 6.14. The van der Waals surface area contributed by atoms with Gasteiger partial charge in [0.2, 0.25) is 0 Å². The van der Waals surface area contributed by atoms with Gasteiger partial charge in [0.25, 0.3) is 0 Å². The molecule has 0 fully saturated rings. The summed E-state index contributed by atoms with van der Waals surface area (Å²) in [4.78, 5) is 0. The molecule has 2 heteroatoms. The summed E-state index contributed by atoms with van der Waals surface area (Å²) in [5.41, 5.74) is 5.84. The van der Waals surface area contributed by atoms with Crippen molar-refractivity contribution in [2.75, 3.05) is 5.32 Å². The summed E-state index contributed by atoms with van der Waals surface area (Å²) in [5, 5.41) is 12.1. The van der Waals surface area contributed by atoms with Gasteiger partial charge < -0.3 is 5.32 Å². The molecule has 0 saturated carbocycles. The standard InChI is InChI=1S/C17H16N2/c1-12-7-8-13(2)17(9-12)14(3)19-16-6-4-5-15(10-16)11-18/h4-10,19H,3H2,1-2H3. The van der Waals surface area contributed by atoms with Crippen LogP contribution in [0.5, 0.6) is 0 Å². The van der Waals surface area contributed by atoms with E-state index in [4.69, 9.17) is 5.26 Å². The summed E-state index contributed by atoms with van der Waals surface area (Å²) < 4.78 is 0. The highest BCUT2D eigenvalue weighted by atomic mass is 14.9. The van der Waals surface area contributed by atoms with Gasteiger partial charge in [0.1, 0.15) is 0 Å². The third kappa shape index (κ3) is 3.02. The Balaban J connectivity index is 2.26. The Morgan fingerprint density at radius 3 is 2.68 bits per heavy atom. The molecule has 0 aromatic heterocycles. The van der Waals surface area contributed by atoms with Crippen molar-refractivity contribution in [1.82, 2.24) is 0 Å². The molecule has 1 N–H and O–H groups in total. The van der Waals surface area contributed by atoms with E-state index in [9.17, 15) is 0 Å². The first-order valence-corrected chi connectivity index (χ1v) is 6.14. The predicted molar refractivity (Wildman–Crippen MR) is 79.7 cm³/mol. The molecule has 19 heavy (non-hydrogen) atoms. The Kier molecular flexibility index (Phi) is 3.68. The van der Waals surface area contributed by atoms with E-state index in [1.54, 1.807) is 6.07 Å². The molecular weight excluding hydrogens is 232 g/mol.